The van der Waals surface area contributed by atoms with Crippen molar-refractivity contribution >= 4 is 29.9 Å². The zero-order chi connectivity index (χ0) is 18.5. The van der Waals surface area contributed by atoms with Crippen LogP contribution in [0, 0.1) is 6.92 Å². The Morgan fingerprint density at radius 3 is 2.67 bits per heavy atom. The van der Waals surface area contributed by atoms with Crippen LogP contribution < -0.4 is 10.6 Å². The molecule has 0 radical (unpaired) electrons. The Bertz CT molecular complexity index is 747. The Labute approximate surface area is 177 Å². The number of nitrogens with zero attached hydrogens (tertiary/aromatic N) is 5. The summed E-state index contributed by atoms with van der Waals surface area (Å²) in [7, 11) is 1.96. The standard InChI is InChI=1S/C18H29N7O.HI/c1-12(2)16-9-15(26-24-16)10-19-18(21-14-7-5-6-8-14)20-11-17-23-22-13(3)25(17)4;/h9,12,14H,5-8,10-11H2,1-4H3,(H2,19,20,21);1H. The Balaban J connectivity index is 0.00000261. The number of hydrogen-bond acceptors (Lipinski definition) is 5. The minimum atomic E-state index is 0. The first-order valence-corrected chi connectivity index (χ1v) is 9.38. The summed E-state index contributed by atoms with van der Waals surface area (Å²) < 4.78 is 7.37. The molecule has 3 rings (SSSR count). The topological polar surface area (TPSA) is 93.2 Å². The van der Waals surface area contributed by atoms with Crippen molar-refractivity contribution in [2.75, 3.05) is 0 Å². The van der Waals surface area contributed by atoms with Crippen LogP contribution >= 0.6 is 24.0 Å². The normalized spacial score (nSPS) is 15.2. The number of nitrogens with one attached hydrogen (secondary N) is 2. The smallest absolute Gasteiger partial charge is 0.192 e. The highest BCUT2D eigenvalue weighted by molar-refractivity contribution is 14.0. The highest BCUT2D eigenvalue weighted by Crippen LogP contribution is 2.18. The van der Waals surface area contributed by atoms with Crippen LogP contribution in [0.5, 0.6) is 0 Å². The van der Waals surface area contributed by atoms with E-state index in [0.29, 0.717) is 25.0 Å². The van der Waals surface area contributed by atoms with Gasteiger partial charge in [0, 0.05) is 19.2 Å². The lowest BCUT2D eigenvalue weighted by atomic mass is 10.1. The lowest BCUT2D eigenvalue weighted by molar-refractivity contribution is 0.371. The molecule has 0 saturated heterocycles. The molecule has 0 bridgehead atoms. The molecule has 1 aliphatic rings. The molecule has 0 unspecified atom stereocenters. The van der Waals surface area contributed by atoms with Crippen molar-refractivity contribution in [3.8, 4) is 0 Å². The first-order valence-electron chi connectivity index (χ1n) is 9.38. The number of hydrogen-bond donors (Lipinski definition) is 2. The molecular weight excluding hydrogens is 457 g/mol. The summed E-state index contributed by atoms with van der Waals surface area (Å²) in [5, 5.41) is 19.3. The van der Waals surface area contributed by atoms with Crippen LogP contribution in [-0.4, -0.2) is 31.9 Å². The molecule has 150 valence electrons. The van der Waals surface area contributed by atoms with Gasteiger partial charge in [0.25, 0.3) is 0 Å². The molecule has 2 aromatic heterocycles. The first kappa shape index (κ1) is 21.6. The molecule has 8 nitrogen and oxygen atoms in total. The van der Waals surface area contributed by atoms with Crippen molar-refractivity contribution in [2.45, 2.75) is 71.5 Å². The number of aryl methyl sites for hydroxylation is 1. The van der Waals surface area contributed by atoms with Crippen molar-refractivity contribution < 1.29 is 4.52 Å². The van der Waals surface area contributed by atoms with Crippen LogP contribution in [0.1, 0.15) is 68.6 Å². The molecule has 2 N–H and O–H groups in total. The van der Waals surface area contributed by atoms with E-state index < -0.39 is 0 Å². The second kappa shape index (κ2) is 10.0. The van der Waals surface area contributed by atoms with Crippen LogP contribution in [0.3, 0.4) is 0 Å². The summed E-state index contributed by atoms with van der Waals surface area (Å²) in [5.41, 5.74) is 0.971. The maximum absolute atomic E-state index is 5.41. The van der Waals surface area contributed by atoms with Gasteiger partial charge >= 0.3 is 0 Å². The largest absolute Gasteiger partial charge is 0.359 e. The van der Waals surface area contributed by atoms with Crippen LogP contribution in [0.2, 0.25) is 0 Å². The summed E-state index contributed by atoms with van der Waals surface area (Å²) in [5.74, 6) is 3.67. The minimum absolute atomic E-state index is 0. The summed E-state index contributed by atoms with van der Waals surface area (Å²) in [6.45, 7) is 7.18. The molecule has 2 heterocycles. The van der Waals surface area contributed by atoms with Crippen molar-refractivity contribution in [1.29, 1.82) is 0 Å². The predicted molar refractivity (Wildman–Crippen MR) is 115 cm³/mol. The molecule has 2 aromatic rings. The van der Waals surface area contributed by atoms with Crippen molar-refractivity contribution in [3.63, 3.8) is 0 Å². The highest BCUT2D eigenvalue weighted by Gasteiger charge is 2.17. The average molecular weight is 487 g/mol. The molecule has 0 spiro atoms. The van der Waals surface area contributed by atoms with E-state index in [4.69, 9.17) is 9.52 Å². The van der Waals surface area contributed by atoms with Gasteiger partial charge in [0.1, 0.15) is 12.4 Å². The van der Waals surface area contributed by atoms with Gasteiger partial charge in [0.2, 0.25) is 0 Å². The third-order valence-corrected chi connectivity index (χ3v) is 4.86. The second-order valence-corrected chi connectivity index (χ2v) is 7.24. The molecule has 27 heavy (non-hydrogen) atoms. The lowest BCUT2D eigenvalue weighted by Gasteiger charge is -2.16. The third kappa shape index (κ3) is 5.91. The molecule has 0 atom stereocenters. The predicted octanol–water partition coefficient (Wildman–Crippen LogP) is 3.03. The van der Waals surface area contributed by atoms with Gasteiger partial charge in [-0.25, -0.2) is 4.99 Å². The average Bonchev–Trinajstić information content (AvgIpc) is 3.35. The van der Waals surface area contributed by atoms with Crippen LogP contribution in [0.25, 0.3) is 0 Å². The van der Waals surface area contributed by atoms with E-state index in [2.05, 4.69) is 39.8 Å². The van der Waals surface area contributed by atoms with Crippen molar-refractivity contribution in [2.24, 2.45) is 12.0 Å². The van der Waals surface area contributed by atoms with Crippen LogP contribution in [0.4, 0.5) is 0 Å². The number of halogens is 1. The van der Waals surface area contributed by atoms with Gasteiger partial charge in [0.05, 0.1) is 12.2 Å². The number of aliphatic imine (C=N–C) groups is 1. The summed E-state index contributed by atoms with van der Waals surface area (Å²) in [4.78, 5) is 4.70. The molecule has 1 fully saturated rings. The van der Waals surface area contributed by atoms with Crippen LogP contribution in [0.15, 0.2) is 15.6 Å². The Kier molecular flexibility index (Phi) is 8.06. The van der Waals surface area contributed by atoms with Gasteiger partial charge in [-0.3, -0.25) is 0 Å². The fourth-order valence-electron chi connectivity index (χ4n) is 3.01. The van der Waals surface area contributed by atoms with Gasteiger partial charge < -0.3 is 19.7 Å². The van der Waals surface area contributed by atoms with Crippen LogP contribution in [-0.2, 0) is 20.1 Å². The zero-order valence-corrected chi connectivity index (χ0v) is 18.9. The molecule has 9 heteroatoms. The molecule has 0 aliphatic heterocycles. The van der Waals surface area contributed by atoms with Gasteiger partial charge in [0.15, 0.2) is 17.5 Å². The van der Waals surface area contributed by atoms with Crippen molar-refractivity contribution in [1.82, 2.24) is 30.6 Å². The summed E-state index contributed by atoms with van der Waals surface area (Å²) >= 11 is 0. The SMILES string of the molecule is Cc1nnc(CN=C(NCc2cc(C(C)C)no2)NC2CCCC2)n1C.I. The minimum Gasteiger partial charge on any atom is -0.359 e. The number of aromatic nitrogens is 4. The Morgan fingerprint density at radius 2 is 2.07 bits per heavy atom. The van der Waals surface area contributed by atoms with E-state index in [9.17, 15) is 0 Å². The maximum atomic E-state index is 5.41. The third-order valence-electron chi connectivity index (χ3n) is 4.86. The van der Waals surface area contributed by atoms with E-state index in [0.717, 1.165) is 29.1 Å². The quantitative estimate of drug-likeness (QED) is 0.370. The van der Waals surface area contributed by atoms with E-state index in [-0.39, 0.29) is 24.0 Å². The Hall–Kier alpha value is -1.65. The zero-order valence-electron chi connectivity index (χ0n) is 16.5. The fraction of sp³-hybridized carbons (Fsp3) is 0.667. The highest BCUT2D eigenvalue weighted by atomic mass is 127. The summed E-state index contributed by atoms with van der Waals surface area (Å²) in [6, 6.07) is 2.47. The van der Waals surface area contributed by atoms with Gasteiger partial charge in [-0.1, -0.05) is 31.8 Å². The summed E-state index contributed by atoms with van der Waals surface area (Å²) in [6.07, 6.45) is 4.91. The van der Waals surface area contributed by atoms with Gasteiger partial charge in [-0.05, 0) is 25.7 Å². The van der Waals surface area contributed by atoms with E-state index in [1.165, 1.54) is 25.7 Å². The maximum Gasteiger partial charge on any atom is 0.192 e. The van der Waals surface area contributed by atoms with E-state index in [1.807, 2.05) is 24.6 Å². The first-order chi connectivity index (χ1) is 12.5. The van der Waals surface area contributed by atoms with Crippen molar-refractivity contribution in [3.05, 3.63) is 29.2 Å². The molecule has 1 aliphatic carbocycles. The molecule has 1 saturated carbocycles. The van der Waals surface area contributed by atoms with Gasteiger partial charge in [-0.15, -0.1) is 34.2 Å². The lowest BCUT2D eigenvalue weighted by Crippen LogP contribution is -2.42. The molecule has 0 amide bonds. The Morgan fingerprint density at radius 1 is 1.33 bits per heavy atom. The van der Waals surface area contributed by atoms with Gasteiger partial charge in [-0.2, -0.15) is 0 Å². The van der Waals surface area contributed by atoms with E-state index in [1.54, 1.807) is 0 Å². The second-order valence-electron chi connectivity index (χ2n) is 7.24. The van der Waals surface area contributed by atoms with E-state index >= 15 is 0 Å². The molecule has 0 aromatic carbocycles. The fourth-order valence-corrected chi connectivity index (χ4v) is 3.01. The number of rotatable bonds is 6. The molecular formula is C18H30IN7O. The monoisotopic (exact) mass is 487 g/mol. The number of guanidine groups is 1.